The molecule has 0 saturated heterocycles. The van der Waals surface area contributed by atoms with Gasteiger partial charge in [-0.3, -0.25) is 9.59 Å². The summed E-state index contributed by atoms with van der Waals surface area (Å²) in [5, 5.41) is 0. The van der Waals surface area contributed by atoms with Crippen LogP contribution in [0.2, 0.25) is 0 Å². The Morgan fingerprint density at radius 3 is 2.60 bits per heavy atom. The Morgan fingerprint density at radius 1 is 1.10 bits per heavy atom. The lowest BCUT2D eigenvalue weighted by Crippen LogP contribution is -2.10. The largest absolute Gasteiger partial charge is 0.489 e. The van der Waals surface area contributed by atoms with Gasteiger partial charge in [-0.15, -0.1) is 0 Å². The van der Waals surface area contributed by atoms with E-state index in [1.165, 1.54) is 0 Å². The number of primary amides is 1. The fourth-order valence-electron chi connectivity index (χ4n) is 1.67. The van der Waals surface area contributed by atoms with Gasteiger partial charge in [-0.05, 0) is 35.9 Å². The minimum Gasteiger partial charge on any atom is -0.489 e. The number of carbonyl (C=O) groups is 2. The average Bonchev–Trinajstić information content (AvgIpc) is 2.46. The monoisotopic (exact) mass is 271 g/mol. The minimum atomic E-state index is -0.503. The number of carbonyl (C=O) groups excluding carboxylic acids is 2. The zero-order chi connectivity index (χ0) is 14.4. The smallest absolute Gasteiger partial charge is 0.298 e. The van der Waals surface area contributed by atoms with E-state index in [-0.39, 0.29) is 6.61 Å². The lowest BCUT2D eigenvalue weighted by Gasteiger charge is -2.08. The molecule has 20 heavy (non-hydrogen) atoms. The third kappa shape index (κ3) is 3.58. The van der Waals surface area contributed by atoms with E-state index in [2.05, 4.69) is 0 Å². The van der Waals surface area contributed by atoms with Crippen molar-refractivity contribution in [1.29, 1.82) is 0 Å². The van der Waals surface area contributed by atoms with Crippen LogP contribution < -0.4 is 15.2 Å². The molecule has 0 unspecified atom stereocenters. The van der Waals surface area contributed by atoms with Gasteiger partial charge >= 0.3 is 0 Å². The van der Waals surface area contributed by atoms with Gasteiger partial charge in [0.25, 0.3) is 6.47 Å². The second-order valence-electron chi connectivity index (χ2n) is 4.04. The van der Waals surface area contributed by atoms with Gasteiger partial charge < -0.3 is 15.2 Å². The zero-order valence-corrected chi connectivity index (χ0v) is 10.6. The Balaban J connectivity index is 2.04. The molecule has 0 aliphatic carbocycles. The van der Waals surface area contributed by atoms with Gasteiger partial charge in [0, 0.05) is 5.56 Å². The molecule has 2 aromatic carbocycles. The van der Waals surface area contributed by atoms with Crippen LogP contribution in [0.5, 0.6) is 11.5 Å². The van der Waals surface area contributed by atoms with Crippen molar-refractivity contribution in [3.8, 4) is 11.5 Å². The third-order valence-electron chi connectivity index (χ3n) is 2.61. The number of benzene rings is 2. The van der Waals surface area contributed by atoms with Crippen molar-refractivity contribution in [1.82, 2.24) is 0 Å². The van der Waals surface area contributed by atoms with Crippen molar-refractivity contribution < 1.29 is 19.1 Å². The second-order valence-corrected chi connectivity index (χ2v) is 4.04. The summed E-state index contributed by atoms with van der Waals surface area (Å²) in [6.45, 7) is 0.661. The highest BCUT2D eigenvalue weighted by Crippen LogP contribution is 2.17. The number of nitrogens with two attached hydrogens (primary N) is 1. The summed E-state index contributed by atoms with van der Waals surface area (Å²) in [4.78, 5) is 21.3. The predicted molar refractivity (Wildman–Crippen MR) is 72.4 cm³/mol. The van der Waals surface area contributed by atoms with Crippen molar-refractivity contribution in [3.63, 3.8) is 0 Å². The zero-order valence-electron chi connectivity index (χ0n) is 10.6. The summed E-state index contributed by atoms with van der Waals surface area (Å²) in [7, 11) is 0. The number of hydrogen-bond donors (Lipinski definition) is 1. The fourth-order valence-corrected chi connectivity index (χ4v) is 1.67. The first kappa shape index (κ1) is 13.6. The second kappa shape index (κ2) is 6.38. The van der Waals surface area contributed by atoms with Gasteiger partial charge in [0.1, 0.15) is 18.1 Å². The van der Waals surface area contributed by atoms with Crippen molar-refractivity contribution in [2.24, 2.45) is 5.73 Å². The Kier molecular flexibility index (Phi) is 4.34. The molecular formula is C15H13NO4. The Morgan fingerprint density at radius 2 is 1.85 bits per heavy atom. The molecule has 0 aromatic heterocycles. The first-order valence-electron chi connectivity index (χ1n) is 5.91. The quantitative estimate of drug-likeness (QED) is 0.814. The molecule has 5 nitrogen and oxygen atoms in total. The van der Waals surface area contributed by atoms with Crippen molar-refractivity contribution in [3.05, 3.63) is 59.7 Å². The van der Waals surface area contributed by atoms with Gasteiger partial charge in [-0.2, -0.15) is 0 Å². The van der Waals surface area contributed by atoms with Crippen LogP contribution >= 0.6 is 0 Å². The predicted octanol–water partition coefficient (Wildman–Crippen LogP) is 1.90. The van der Waals surface area contributed by atoms with E-state index >= 15 is 0 Å². The highest BCUT2D eigenvalue weighted by atomic mass is 16.5. The van der Waals surface area contributed by atoms with Crippen LogP contribution in [0.15, 0.2) is 48.5 Å². The molecule has 0 atom stereocenters. The van der Waals surface area contributed by atoms with Crippen molar-refractivity contribution in [2.45, 2.75) is 6.61 Å². The van der Waals surface area contributed by atoms with Crippen LogP contribution in [0.3, 0.4) is 0 Å². The van der Waals surface area contributed by atoms with Crippen molar-refractivity contribution >= 4 is 12.4 Å². The molecule has 0 spiro atoms. The minimum absolute atomic E-state index is 0.290. The number of rotatable bonds is 6. The Hall–Kier alpha value is -2.82. The maximum Gasteiger partial charge on any atom is 0.298 e. The van der Waals surface area contributed by atoms with Gasteiger partial charge in [-0.25, -0.2) is 0 Å². The van der Waals surface area contributed by atoms with Crippen LogP contribution in [0, 0.1) is 0 Å². The molecule has 2 N–H and O–H groups in total. The SMILES string of the molecule is NC(=O)c1cccc(OCc2cccc(OC=O)c2)c1. The normalized spacial score (nSPS) is 9.80. The summed E-state index contributed by atoms with van der Waals surface area (Å²) in [5.41, 5.74) is 6.43. The molecule has 0 bridgehead atoms. The third-order valence-corrected chi connectivity index (χ3v) is 2.61. The van der Waals surface area contributed by atoms with E-state index < -0.39 is 5.91 Å². The molecule has 2 rings (SSSR count). The summed E-state index contributed by atoms with van der Waals surface area (Å²) in [6.07, 6.45) is 0. The highest BCUT2D eigenvalue weighted by Gasteiger charge is 2.03. The average molecular weight is 271 g/mol. The first-order chi connectivity index (χ1) is 9.69. The molecule has 5 heteroatoms. The topological polar surface area (TPSA) is 78.6 Å². The number of ether oxygens (including phenoxy) is 2. The number of hydrogen-bond acceptors (Lipinski definition) is 4. The van der Waals surface area contributed by atoms with E-state index in [4.69, 9.17) is 15.2 Å². The van der Waals surface area contributed by atoms with Crippen LogP contribution in [0.1, 0.15) is 15.9 Å². The molecule has 0 saturated carbocycles. The Labute approximate surface area is 115 Å². The van der Waals surface area contributed by atoms with E-state index in [0.717, 1.165) is 5.56 Å². The van der Waals surface area contributed by atoms with Crippen LogP contribution in [-0.2, 0) is 11.4 Å². The van der Waals surface area contributed by atoms with Gasteiger partial charge in [0.2, 0.25) is 5.91 Å². The Bertz CT molecular complexity index is 625. The van der Waals surface area contributed by atoms with E-state index in [9.17, 15) is 9.59 Å². The lowest BCUT2D eigenvalue weighted by molar-refractivity contribution is -0.120. The van der Waals surface area contributed by atoms with Crippen molar-refractivity contribution in [2.75, 3.05) is 0 Å². The van der Waals surface area contributed by atoms with Crippen LogP contribution in [-0.4, -0.2) is 12.4 Å². The molecule has 0 aliphatic heterocycles. The molecule has 102 valence electrons. The van der Waals surface area contributed by atoms with E-state index in [1.807, 2.05) is 6.07 Å². The summed E-state index contributed by atoms with van der Waals surface area (Å²) in [6, 6.07) is 13.6. The molecule has 1 amide bonds. The number of amides is 1. The van der Waals surface area contributed by atoms with E-state index in [1.54, 1.807) is 42.5 Å². The maximum atomic E-state index is 11.1. The van der Waals surface area contributed by atoms with E-state index in [0.29, 0.717) is 23.5 Å². The van der Waals surface area contributed by atoms with Gasteiger partial charge in [0.15, 0.2) is 0 Å². The first-order valence-corrected chi connectivity index (χ1v) is 5.91. The molecule has 0 fully saturated rings. The fraction of sp³-hybridized carbons (Fsp3) is 0.0667. The molecule has 2 aromatic rings. The lowest BCUT2D eigenvalue weighted by atomic mass is 10.2. The van der Waals surface area contributed by atoms with Crippen LogP contribution in [0.25, 0.3) is 0 Å². The molecule has 0 heterocycles. The standard InChI is InChI=1S/C15H13NO4/c16-15(18)12-4-2-6-14(8-12)19-9-11-3-1-5-13(7-11)20-10-17/h1-8,10H,9H2,(H2,16,18). The van der Waals surface area contributed by atoms with Crippen LogP contribution in [0.4, 0.5) is 0 Å². The maximum absolute atomic E-state index is 11.1. The summed E-state index contributed by atoms with van der Waals surface area (Å²) >= 11 is 0. The van der Waals surface area contributed by atoms with Gasteiger partial charge in [0.05, 0.1) is 0 Å². The summed E-state index contributed by atoms with van der Waals surface area (Å²) in [5.74, 6) is 0.492. The van der Waals surface area contributed by atoms with Gasteiger partial charge in [-0.1, -0.05) is 18.2 Å². The molecule has 0 radical (unpaired) electrons. The summed E-state index contributed by atoms with van der Waals surface area (Å²) < 4.78 is 10.3. The molecule has 0 aliphatic rings. The highest BCUT2D eigenvalue weighted by molar-refractivity contribution is 5.93. The molecular weight excluding hydrogens is 258 g/mol.